The number of aromatic nitrogens is 2. The van der Waals surface area contributed by atoms with Crippen molar-refractivity contribution in [3.8, 4) is 0 Å². The lowest BCUT2D eigenvalue weighted by Gasteiger charge is -2.40. The van der Waals surface area contributed by atoms with E-state index < -0.39 is 0 Å². The molecule has 1 saturated carbocycles. The smallest absolute Gasteiger partial charge is 0.290 e. The van der Waals surface area contributed by atoms with Gasteiger partial charge < -0.3 is 19.6 Å². The molecule has 0 bridgehead atoms. The molecule has 1 aliphatic heterocycles. The lowest BCUT2D eigenvalue weighted by Crippen LogP contribution is -2.47. The van der Waals surface area contributed by atoms with Gasteiger partial charge in [-0.2, -0.15) is 0 Å². The summed E-state index contributed by atoms with van der Waals surface area (Å²) in [5, 5.41) is 6.89. The molecule has 3 rings (SSSR count). The fourth-order valence-corrected chi connectivity index (χ4v) is 4.34. The summed E-state index contributed by atoms with van der Waals surface area (Å²) in [6.45, 7) is 5.12. The Hall–Kier alpha value is -2.06. The van der Waals surface area contributed by atoms with E-state index in [0.29, 0.717) is 29.4 Å². The minimum atomic E-state index is -0.250. The summed E-state index contributed by atoms with van der Waals surface area (Å²) in [7, 11) is 6.02. The number of fused-ring (bicyclic) bond motifs is 1. The molecule has 1 aliphatic carbocycles. The number of methoxy groups -OCH3 is 1. The third-order valence-corrected chi connectivity index (χ3v) is 5.52. The van der Waals surface area contributed by atoms with Gasteiger partial charge in [-0.3, -0.25) is 9.59 Å². The number of amides is 1. The van der Waals surface area contributed by atoms with Crippen LogP contribution in [-0.2, 0) is 9.53 Å². The molecule has 1 aromatic heterocycles. The van der Waals surface area contributed by atoms with Gasteiger partial charge in [-0.05, 0) is 58.7 Å². The summed E-state index contributed by atoms with van der Waals surface area (Å²) in [6, 6.07) is 2.22. The normalized spacial score (nSPS) is 27.0. The maximum absolute atomic E-state index is 12.9. The van der Waals surface area contributed by atoms with E-state index >= 15 is 0 Å². The highest BCUT2D eigenvalue weighted by Gasteiger charge is 2.44. The van der Waals surface area contributed by atoms with Crippen LogP contribution >= 0.6 is 0 Å². The number of aryl methyl sites for hydroxylation is 2. The number of rotatable bonds is 3. The highest BCUT2D eigenvalue weighted by Crippen LogP contribution is 2.39. The third-order valence-electron chi connectivity index (χ3n) is 5.52. The van der Waals surface area contributed by atoms with Gasteiger partial charge in [0.1, 0.15) is 11.5 Å². The Morgan fingerprint density at radius 2 is 1.85 bits per heavy atom. The van der Waals surface area contributed by atoms with E-state index in [1.165, 1.54) is 0 Å². The van der Waals surface area contributed by atoms with Crippen molar-refractivity contribution in [3.05, 3.63) is 23.3 Å². The third kappa shape index (κ3) is 5.01. The van der Waals surface area contributed by atoms with E-state index in [9.17, 15) is 4.79 Å². The Kier molecular flexibility index (Phi) is 7.26. The zero-order valence-electron chi connectivity index (χ0n) is 16.8. The highest BCUT2D eigenvalue weighted by molar-refractivity contribution is 5.92. The lowest BCUT2D eigenvalue weighted by molar-refractivity contribution is -0.122. The van der Waals surface area contributed by atoms with Crippen molar-refractivity contribution in [2.24, 2.45) is 11.8 Å². The molecule has 0 unspecified atom stereocenters. The molecule has 0 aromatic carbocycles. The van der Waals surface area contributed by atoms with E-state index in [1.54, 1.807) is 13.2 Å². The van der Waals surface area contributed by atoms with Crippen LogP contribution in [0.25, 0.3) is 0 Å². The molecule has 8 nitrogen and oxygen atoms in total. The molecule has 8 heteroatoms. The number of nitrogens with zero attached hydrogens (tertiary/aromatic N) is 4. The molecule has 1 amide bonds. The number of carboxylic acid groups (broad SMARTS) is 1. The average molecular weight is 378 g/mol. The van der Waals surface area contributed by atoms with E-state index in [1.807, 2.05) is 18.7 Å². The fourth-order valence-electron chi connectivity index (χ4n) is 4.34. The summed E-state index contributed by atoms with van der Waals surface area (Å²) in [6.07, 6.45) is 2.36. The zero-order valence-corrected chi connectivity index (χ0v) is 16.8. The lowest BCUT2D eigenvalue weighted by atomic mass is 9.77. The summed E-state index contributed by atoms with van der Waals surface area (Å²) in [5.74, 6) is 1.77. The van der Waals surface area contributed by atoms with Crippen molar-refractivity contribution in [1.29, 1.82) is 0 Å². The number of ether oxygens (including phenoxy) is 1. The molecule has 4 atom stereocenters. The fraction of sp³-hybridized carbons (Fsp3) is 0.684. The first-order valence-electron chi connectivity index (χ1n) is 9.19. The minimum Gasteiger partial charge on any atom is -0.483 e. The Bertz CT molecular complexity index is 647. The van der Waals surface area contributed by atoms with E-state index in [2.05, 4.69) is 29.0 Å². The molecule has 27 heavy (non-hydrogen) atoms. The van der Waals surface area contributed by atoms with Gasteiger partial charge >= 0.3 is 0 Å². The molecule has 0 spiro atoms. The van der Waals surface area contributed by atoms with Gasteiger partial charge in [0.15, 0.2) is 0 Å². The number of likely N-dealkylation sites (tertiary alicyclic amines) is 1. The first kappa shape index (κ1) is 21.2. The molecular weight excluding hydrogens is 348 g/mol. The maximum Gasteiger partial charge on any atom is 0.290 e. The summed E-state index contributed by atoms with van der Waals surface area (Å²) in [5.41, 5.74) is 1.36. The minimum absolute atomic E-state index is 0.0355. The van der Waals surface area contributed by atoms with Gasteiger partial charge in [0.25, 0.3) is 12.4 Å². The molecule has 2 aliphatic rings. The van der Waals surface area contributed by atoms with Crippen LogP contribution in [0.3, 0.4) is 0 Å². The van der Waals surface area contributed by atoms with E-state index in [4.69, 9.17) is 14.6 Å². The Morgan fingerprint density at radius 3 is 2.37 bits per heavy atom. The van der Waals surface area contributed by atoms with Crippen molar-refractivity contribution in [3.63, 3.8) is 0 Å². The second-order valence-electron chi connectivity index (χ2n) is 7.55. The van der Waals surface area contributed by atoms with Crippen LogP contribution in [0.1, 0.15) is 34.8 Å². The number of likely N-dealkylation sites (N-methyl/N-ethyl adjacent to an activating group) is 1. The standard InChI is InChI=1S/C18H28N4O2.CH2O2/c1-11-6-15(20-12(2)19-11)18(23)22-9-13-7-16(21(3)4)17(24-5)8-14(13)10-22;2-1-3/h6,13-14,16-17H,7-10H2,1-5H3;1H,(H,2,3)/t13-,14+,16-,17-;/m1./s1. The van der Waals surface area contributed by atoms with Crippen LogP contribution in [0, 0.1) is 25.7 Å². The Labute approximate surface area is 160 Å². The van der Waals surface area contributed by atoms with Crippen LogP contribution in [0.4, 0.5) is 0 Å². The largest absolute Gasteiger partial charge is 0.483 e. The van der Waals surface area contributed by atoms with Crippen LogP contribution in [0.15, 0.2) is 6.07 Å². The predicted molar refractivity (Wildman–Crippen MR) is 101 cm³/mol. The summed E-state index contributed by atoms with van der Waals surface area (Å²) < 4.78 is 5.72. The average Bonchev–Trinajstić information content (AvgIpc) is 3.02. The van der Waals surface area contributed by atoms with E-state index in [0.717, 1.165) is 31.6 Å². The zero-order chi connectivity index (χ0) is 20.1. The maximum atomic E-state index is 12.9. The molecule has 0 radical (unpaired) electrons. The quantitative estimate of drug-likeness (QED) is 0.790. The van der Waals surface area contributed by atoms with Crippen LogP contribution in [-0.4, -0.2) is 83.7 Å². The summed E-state index contributed by atoms with van der Waals surface area (Å²) in [4.78, 5) is 34.0. The molecule has 1 N–H and O–H groups in total. The SMILES string of the molecule is CO[C@@H]1C[C@H]2CN(C(=O)c3cc(C)nc(C)n3)C[C@H]2C[C@H]1N(C)C.O=CO. The monoisotopic (exact) mass is 378 g/mol. The van der Waals surface area contributed by atoms with E-state index in [-0.39, 0.29) is 18.5 Å². The van der Waals surface area contributed by atoms with Gasteiger partial charge in [-0.15, -0.1) is 0 Å². The molecule has 2 fully saturated rings. The van der Waals surface area contributed by atoms with Crippen molar-refractivity contribution in [1.82, 2.24) is 19.8 Å². The second kappa shape index (κ2) is 9.23. The number of carbonyl (C=O) groups excluding carboxylic acids is 1. The van der Waals surface area contributed by atoms with Crippen molar-refractivity contribution in [2.45, 2.75) is 38.8 Å². The van der Waals surface area contributed by atoms with Gasteiger partial charge in [-0.1, -0.05) is 0 Å². The predicted octanol–water partition coefficient (Wildman–Crippen LogP) is 1.22. The Morgan fingerprint density at radius 1 is 1.26 bits per heavy atom. The number of hydrogen-bond acceptors (Lipinski definition) is 6. The van der Waals surface area contributed by atoms with Gasteiger partial charge in [0.05, 0.1) is 6.10 Å². The first-order valence-corrected chi connectivity index (χ1v) is 9.19. The van der Waals surface area contributed by atoms with Gasteiger partial charge in [-0.25, -0.2) is 9.97 Å². The van der Waals surface area contributed by atoms with Crippen LogP contribution < -0.4 is 0 Å². The van der Waals surface area contributed by atoms with Gasteiger partial charge in [0.2, 0.25) is 0 Å². The molecule has 1 aromatic rings. The second-order valence-corrected chi connectivity index (χ2v) is 7.55. The topological polar surface area (TPSA) is 95.9 Å². The Balaban J connectivity index is 0.000000817. The highest BCUT2D eigenvalue weighted by atomic mass is 16.5. The number of carbonyl (C=O) groups is 2. The first-order chi connectivity index (χ1) is 12.8. The van der Waals surface area contributed by atoms with Gasteiger partial charge in [0, 0.05) is 31.9 Å². The molecular formula is C19H30N4O4. The summed E-state index contributed by atoms with van der Waals surface area (Å²) >= 11 is 0. The molecule has 2 heterocycles. The van der Waals surface area contributed by atoms with Crippen molar-refractivity contribution >= 4 is 12.4 Å². The van der Waals surface area contributed by atoms with Crippen molar-refractivity contribution in [2.75, 3.05) is 34.3 Å². The van der Waals surface area contributed by atoms with Crippen LogP contribution in [0.2, 0.25) is 0 Å². The van der Waals surface area contributed by atoms with Crippen molar-refractivity contribution < 1.29 is 19.4 Å². The van der Waals surface area contributed by atoms with Crippen LogP contribution in [0.5, 0.6) is 0 Å². The molecule has 1 saturated heterocycles. The number of hydrogen-bond donors (Lipinski definition) is 1. The molecule has 150 valence electrons.